The number of carbonyl (C=O) groups is 1. The number of anilines is 3. The molecule has 2 aliphatic rings. The van der Waals surface area contributed by atoms with Crippen molar-refractivity contribution in [1.82, 2.24) is 9.47 Å². The summed E-state index contributed by atoms with van der Waals surface area (Å²) >= 11 is 0. The van der Waals surface area contributed by atoms with E-state index in [2.05, 4.69) is 75.6 Å². The number of nitrogens with zero attached hydrogens (tertiary/aromatic N) is 3. The molecule has 0 bridgehead atoms. The lowest BCUT2D eigenvalue weighted by molar-refractivity contribution is 0.262. The van der Waals surface area contributed by atoms with Gasteiger partial charge in [0.1, 0.15) is 0 Å². The number of fused-ring (bicyclic) bond motifs is 2. The highest BCUT2D eigenvalue weighted by molar-refractivity contribution is 6.01. The summed E-state index contributed by atoms with van der Waals surface area (Å²) in [4.78, 5) is 17.2. The molecule has 0 saturated carbocycles. The van der Waals surface area contributed by atoms with Crippen LogP contribution in [-0.2, 0) is 6.54 Å². The van der Waals surface area contributed by atoms with Crippen LogP contribution in [0.15, 0.2) is 66.4 Å². The van der Waals surface area contributed by atoms with Crippen molar-refractivity contribution >= 4 is 34.0 Å². The van der Waals surface area contributed by atoms with Crippen LogP contribution in [0.2, 0.25) is 0 Å². The van der Waals surface area contributed by atoms with Gasteiger partial charge in [0.15, 0.2) is 0 Å². The SMILES string of the molecule is CN(C)CCn1ccc2cc(NC(=O)Nc3ccc(N4CC[C@H]5CCCC=C5C4)cc3)ccc21. The van der Waals surface area contributed by atoms with E-state index in [-0.39, 0.29) is 6.03 Å². The number of allylic oxidation sites excluding steroid dienone is 1. The molecular formula is C28H35N5O. The van der Waals surface area contributed by atoms with E-state index in [1.807, 2.05) is 24.3 Å². The molecule has 0 radical (unpaired) electrons. The first-order valence-electron chi connectivity index (χ1n) is 12.4. The Morgan fingerprint density at radius 3 is 2.65 bits per heavy atom. The van der Waals surface area contributed by atoms with Crippen LogP contribution >= 0.6 is 0 Å². The van der Waals surface area contributed by atoms with Gasteiger partial charge < -0.3 is 25.0 Å². The molecule has 6 nitrogen and oxygen atoms in total. The largest absolute Gasteiger partial charge is 0.368 e. The number of urea groups is 1. The van der Waals surface area contributed by atoms with E-state index in [0.717, 1.165) is 48.9 Å². The molecule has 5 rings (SSSR count). The van der Waals surface area contributed by atoms with Crippen LogP contribution in [0, 0.1) is 5.92 Å². The van der Waals surface area contributed by atoms with Crippen molar-refractivity contribution in [2.24, 2.45) is 5.92 Å². The van der Waals surface area contributed by atoms with Crippen molar-refractivity contribution < 1.29 is 4.79 Å². The minimum atomic E-state index is -0.229. The van der Waals surface area contributed by atoms with Crippen LogP contribution in [0.5, 0.6) is 0 Å². The molecular weight excluding hydrogens is 422 g/mol. The highest BCUT2D eigenvalue weighted by atomic mass is 16.2. The highest BCUT2D eigenvalue weighted by Gasteiger charge is 2.25. The fraction of sp³-hybridized carbons (Fsp3) is 0.393. The quantitative estimate of drug-likeness (QED) is 0.461. The number of piperidine rings is 1. The predicted molar refractivity (Wildman–Crippen MR) is 142 cm³/mol. The zero-order chi connectivity index (χ0) is 23.5. The van der Waals surface area contributed by atoms with Crippen LogP contribution in [0.3, 0.4) is 0 Å². The van der Waals surface area contributed by atoms with Gasteiger partial charge >= 0.3 is 6.03 Å². The van der Waals surface area contributed by atoms with Gasteiger partial charge in [0, 0.05) is 60.3 Å². The number of likely N-dealkylation sites (N-methyl/N-ethyl adjacent to an activating group) is 1. The Bertz CT molecular complexity index is 1180. The second-order valence-electron chi connectivity index (χ2n) is 9.83. The smallest absolute Gasteiger partial charge is 0.323 e. The summed E-state index contributed by atoms with van der Waals surface area (Å²) in [6, 6.07) is 16.1. The second kappa shape index (κ2) is 9.94. The monoisotopic (exact) mass is 457 g/mol. The molecule has 1 aromatic heterocycles. The maximum atomic E-state index is 12.6. The van der Waals surface area contributed by atoms with Gasteiger partial charge in [0.25, 0.3) is 0 Å². The molecule has 1 aliphatic heterocycles. The molecule has 2 N–H and O–H groups in total. The first-order valence-corrected chi connectivity index (χ1v) is 12.4. The Morgan fingerprint density at radius 1 is 1.03 bits per heavy atom. The van der Waals surface area contributed by atoms with Gasteiger partial charge in [0.2, 0.25) is 0 Å². The first kappa shape index (κ1) is 22.5. The first-order chi connectivity index (χ1) is 16.5. The topological polar surface area (TPSA) is 52.5 Å². The summed E-state index contributed by atoms with van der Waals surface area (Å²) in [5.74, 6) is 0.797. The van der Waals surface area contributed by atoms with E-state index in [1.54, 1.807) is 5.57 Å². The summed E-state index contributed by atoms with van der Waals surface area (Å²) < 4.78 is 2.24. The number of hydrogen-bond acceptors (Lipinski definition) is 3. The van der Waals surface area contributed by atoms with E-state index in [0.29, 0.717) is 0 Å². The van der Waals surface area contributed by atoms with Gasteiger partial charge in [-0.05, 0) is 94.2 Å². The molecule has 1 saturated heterocycles. The molecule has 1 aliphatic carbocycles. The van der Waals surface area contributed by atoms with Crippen molar-refractivity contribution in [2.75, 3.05) is 49.3 Å². The summed E-state index contributed by atoms with van der Waals surface area (Å²) in [5.41, 5.74) is 5.60. The van der Waals surface area contributed by atoms with Crippen LogP contribution < -0.4 is 15.5 Å². The number of hydrogen-bond donors (Lipinski definition) is 2. The fourth-order valence-electron chi connectivity index (χ4n) is 5.19. The van der Waals surface area contributed by atoms with Crippen molar-refractivity contribution in [2.45, 2.75) is 32.2 Å². The number of amides is 2. The molecule has 2 amide bonds. The molecule has 0 unspecified atom stereocenters. The third kappa shape index (κ3) is 5.12. The molecule has 1 atom stereocenters. The maximum absolute atomic E-state index is 12.6. The van der Waals surface area contributed by atoms with E-state index in [4.69, 9.17) is 0 Å². The van der Waals surface area contributed by atoms with E-state index < -0.39 is 0 Å². The lowest BCUT2D eigenvalue weighted by Crippen LogP contribution is -2.36. The fourth-order valence-corrected chi connectivity index (χ4v) is 5.19. The second-order valence-corrected chi connectivity index (χ2v) is 9.83. The Hall–Kier alpha value is -3.25. The van der Waals surface area contributed by atoms with E-state index >= 15 is 0 Å². The van der Waals surface area contributed by atoms with Crippen LogP contribution in [0.1, 0.15) is 25.7 Å². The third-order valence-electron chi connectivity index (χ3n) is 7.12. The van der Waals surface area contributed by atoms with Crippen LogP contribution in [-0.4, -0.2) is 49.2 Å². The Morgan fingerprint density at radius 2 is 1.82 bits per heavy atom. The van der Waals surface area contributed by atoms with Crippen molar-refractivity contribution in [3.05, 3.63) is 66.4 Å². The maximum Gasteiger partial charge on any atom is 0.323 e. The molecule has 3 aromatic rings. The normalized spacial score (nSPS) is 18.0. The summed E-state index contributed by atoms with van der Waals surface area (Å²) in [5, 5.41) is 7.05. The number of carbonyl (C=O) groups excluding carboxylic acids is 1. The van der Waals surface area contributed by atoms with Gasteiger partial charge in [-0.3, -0.25) is 0 Å². The van der Waals surface area contributed by atoms with Crippen molar-refractivity contribution in [3.63, 3.8) is 0 Å². The van der Waals surface area contributed by atoms with Crippen molar-refractivity contribution in [3.8, 4) is 0 Å². The molecule has 34 heavy (non-hydrogen) atoms. The number of aromatic nitrogens is 1. The number of rotatable bonds is 6. The average molecular weight is 458 g/mol. The van der Waals surface area contributed by atoms with Crippen LogP contribution in [0.4, 0.5) is 21.9 Å². The summed E-state index contributed by atoms with van der Waals surface area (Å²) in [7, 11) is 4.16. The number of benzene rings is 2. The number of nitrogens with one attached hydrogen (secondary N) is 2. The molecule has 2 heterocycles. The molecule has 1 fully saturated rings. The lowest BCUT2D eigenvalue weighted by atomic mass is 9.82. The standard InChI is InChI=1S/C28H35N5O/c1-31(2)17-18-32-15-14-22-19-25(9-12-27(22)32)30-28(34)29-24-7-10-26(11-8-24)33-16-13-21-5-3-4-6-23(21)20-33/h6-12,14-15,19,21H,3-5,13,16-18,20H2,1-2H3,(H2,29,30,34)/t21-/m1/s1. The Kier molecular flexibility index (Phi) is 6.59. The lowest BCUT2D eigenvalue weighted by Gasteiger charge is -2.37. The van der Waals surface area contributed by atoms with Gasteiger partial charge in [0.05, 0.1) is 0 Å². The van der Waals surface area contributed by atoms with Gasteiger partial charge in [-0.2, -0.15) is 0 Å². The molecule has 178 valence electrons. The summed E-state index contributed by atoms with van der Waals surface area (Å²) in [6.45, 7) is 4.07. The molecule has 2 aromatic carbocycles. The third-order valence-corrected chi connectivity index (χ3v) is 7.12. The zero-order valence-electron chi connectivity index (χ0n) is 20.3. The predicted octanol–water partition coefficient (Wildman–Crippen LogP) is 5.78. The summed E-state index contributed by atoms with van der Waals surface area (Å²) in [6.07, 6.45) is 9.73. The van der Waals surface area contributed by atoms with Crippen molar-refractivity contribution in [1.29, 1.82) is 0 Å². The van der Waals surface area contributed by atoms with Crippen LogP contribution in [0.25, 0.3) is 10.9 Å². The Labute approximate surface area is 202 Å². The Balaban J connectivity index is 1.18. The highest BCUT2D eigenvalue weighted by Crippen LogP contribution is 2.34. The zero-order valence-corrected chi connectivity index (χ0v) is 20.3. The molecule has 0 spiro atoms. The van der Waals surface area contributed by atoms with Gasteiger partial charge in [-0.1, -0.05) is 11.6 Å². The minimum Gasteiger partial charge on any atom is -0.368 e. The van der Waals surface area contributed by atoms with E-state index in [1.165, 1.54) is 36.9 Å². The molecule has 6 heteroatoms. The average Bonchev–Trinajstić information content (AvgIpc) is 3.25. The van der Waals surface area contributed by atoms with Gasteiger partial charge in [-0.25, -0.2) is 4.79 Å². The minimum absolute atomic E-state index is 0.229. The van der Waals surface area contributed by atoms with Gasteiger partial charge in [-0.15, -0.1) is 0 Å². The van der Waals surface area contributed by atoms with E-state index in [9.17, 15) is 4.79 Å².